The fourth-order valence-corrected chi connectivity index (χ4v) is 2.03. The monoisotopic (exact) mass is 281 g/mol. The van der Waals surface area contributed by atoms with Gasteiger partial charge in [-0.1, -0.05) is 6.07 Å². The molecule has 2 aromatic rings. The van der Waals surface area contributed by atoms with Crippen molar-refractivity contribution in [3.05, 3.63) is 53.4 Å². The molecule has 2 N–H and O–H groups in total. The Bertz CT molecular complexity index is 551. The molecule has 1 heterocycles. The van der Waals surface area contributed by atoms with Crippen LogP contribution in [0.4, 0.5) is 8.78 Å². The molecule has 2 rings (SSSR count). The molecule has 0 aliphatic carbocycles. The van der Waals surface area contributed by atoms with Crippen LogP contribution in [0, 0.1) is 11.6 Å². The van der Waals surface area contributed by atoms with Crippen molar-refractivity contribution in [1.29, 1.82) is 0 Å². The molecule has 0 saturated heterocycles. The van der Waals surface area contributed by atoms with E-state index in [1.165, 1.54) is 6.07 Å². The topological polar surface area (TPSA) is 50.1 Å². The molecule has 0 radical (unpaired) electrons. The Balaban J connectivity index is 1.84. The smallest absolute Gasteiger partial charge is 0.131 e. The Labute approximate surface area is 116 Å². The molecule has 0 fully saturated rings. The molecule has 1 unspecified atom stereocenters. The molecule has 20 heavy (non-hydrogen) atoms. The number of nitrogens with zero attached hydrogens (tertiary/aromatic N) is 2. The lowest BCUT2D eigenvalue weighted by Crippen LogP contribution is -2.25. The highest BCUT2D eigenvalue weighted by Gasteiger charge is 2.17. The first-order chi connectivity index (χ1) is 9.59. The average Bonchev–Trinajstić information content (AvgIpc) is 2.80. The molecule has 0 spiro atoms. The summed E-state index contributed by atoms with van der Waals surface area (Å²) in [5.74, 6) is -1.46. The highest BCUT2D eigenvalue weighted by atomic mass is 19.1. The molecular formula is C14H17F2N3O. The third-order valence-corrected chi connectivity index (χ3v) is 3.15. The van der Waals surface area contributed by atoms with Crippen LogP contribution >= 0.6 is 0 Å². The van der Waals surface area contributed by atoms with Crippen molar-refractivity contribution in [2.45, 2.75) is 12.5 Å². The predicted molar refractivity (Wildman–Crippen MR) is 71.1 cm³/mol. The quantitative estimate of drug-likeness (QED) is 0.790. The summed E-state index contributed by atoms with van der Waals surface area (Å²) in [6, 6.07) is 5.44. The van der Waals surface area contributed by atoms with Gasteiger partial charge in [-0.05, 0) is 18.2 Å². The Morgan fingerprint density at radius 2 is 2.00 bits per heavy atom. The van der Waals surface area contributed by atoms with Crippen molar-refractivity contribution in [3.8, 4) is 0 Å². The number of hydrogen-bond donors (Lipinski definition) is 2. The lowest BCUT2D eigenvalue weighted by atomic mass is 10.1. The highest BCUT2D eigenvalue weighted by molar-refractivity contribution is 5.22. The zero-order valence-corrected chi connectivity index (χ0v) is 11.2. The first-order valence-electron chi connectivity index (χ1n) is 6.39. The molecule has 0 aliphatic rings. The molecule has 0 amide bonds. The van der Waals surface area contributed by atoms with E-state index in [2.05, 4.69) is 10.4 Å². The second-order valence-corrected chi connectivity index (χ2v) is 4.55. The summed E-state index contributed by atoms with van der Waals surface area (Å²) in [5, 5.41) is 16.9. The fraction of sp³-hybridized carbons (Fsp3) is 0.357. The van der Waals surface area contributed by atoms with Gasteiger partial charge < -0.3 is 10.4 Å². The van der Waals surface area contributed by atoms with E-state index in [0.717, 1.165) is 24.2 Å². The third-order valence-electron chi connectivity index (χ3n) is 3.15. The van der Waals surface area contributed by atoms with Gasteiger partial charge in [0.25, 0.3) is 0 Å². The molecule has 0 bridgehead atoms. The summed E-state index contributed by atoms with van der Waals surface area (Å²) in [6.07, 6.45) is 1.23. The average molecular weight is 281 g/mol. The minimum atomic E-state index is -1.21. The fourth-order valence-electron chi connectivity index (χ4n) is 2.03. The number of aryl methyl sites for hydroxylation is 1. The third kappa shape index (κ3) is 3.40. The minimum Gasteiger partial charge on any atom is -0.387 e. The second kappa shape index (κ2) is 6.58. The van der Waals surface area contributed by atoms with E-state index in [1.807, 2.05) is 13.1 Å². The van der Waals surface area contributed by atoms with E-state index in [4.69, 9.17) is 0 Å². The number of aromatic nitrogens is 2. The Morgan fingerprint density at radius 3 is 2.60 bits per heavy atom. The van der Waals surface area contributed by atoms with Crippen LogP contribution in [0.25, 0.3) is 0 Å². The molecule has 108 valence electrons. The minimum absolute atomic E-state index is 0.0930. The first-order valence-corrected chi connectivity index (χ1v) is 6.39. The Morgan fingerprint density at radius 1 is 1.30 bits per heavy atom. The zero-order valence-electron chi connectivity index (χ0n) is 11.2. The van der Waals surface area contributed by atoms with Crippen molar-refractivity contribution < 1.29 is 13.9 Å². The van der Waals surface area contributed by atoms with Crippen LogP contribution in [0.1, 0.15) is 17.4 Å². The molecule has 1 aromatic heterocycles. The number of halogens is 2. The van der Waals surface area contributed by atoms with E-state index in [1.54, 1.807) is 10.9 Å². The number of benzene rings is 1. The molecule has 0 saturated carbocycles. The van der Waals surface area contributed by atoms with Crippen LogP contribution in [0.3, 0.4) is 0 Å². The Kier molecular flexibility index (Phi) is 4.81. The molecule has 4 nitrogen and oxygen atoms in total. The molecule has 1 atom stereocenters. The highest BCUT2D eigenvalue weighted by Crippen LogP contribution is 2.19. The van der Waals surface area contributed by atoms with Gasteiger partial charge in [-0.15, -0.1) is 0 Å². The summed E-state index contributed by atoms with van der Waals surface area (Å²) in [7, 11) is 1.85. The van der Waals surface area contributed by atoms with Gasteiger partial charge in [0.05, 0.1) is 11.7 Å². The number of nitrogens with one attached hydrogen (secondary N) is 1. The largest absolute Gasteiger partial charge is 0.387 e. The van der Waals surface area contributed by atoms with Crippen LogP contribution in [0.2, 0.25) is 0 Å². The first kappa shape index (κ1) is 14.6. The van der Waals surface area contributed by atoms with E-state index in [9.17, 15) is 13.9 Å². The van der Waals surface area contributed by atoms with Gasteiger partial charge in [-0.3, -0.25) is 4.68 Å². The lowest BCUT2D eigenvalue weighted by molar-refractivity contribution is 0.165. The molecule has 6 heteroatoms. The number of aliphatic hydroxyl groups excluding tert-OH is 1. The number of hydrogen-bond acceptors (Lipinski definition) is 3. The predicted octanol–water partition coefficient (Wildman–Crippen LogP) is 1.56. The maximum absolute atomic E-state index is 13.4. The molecule has 1 aromatic carbocycles. The van der Waals surface area contributed by atoms with Gasteiger partial charge in [0, 0.05) is 38.4 Å². The summed E-state index contributed by atoms with van der Waals surface area (Å²) in [6.45, 7) is 0.683. The molecular weight excluding hydrogens is 264 g/mol. The lowest BCUT2D eigenvalue weighted by Gasteiger charge is -2.13. The summed E-state index contributed by atoms with van der Waals surface area (Å²) in [4.78, 5) is 0. The van der Waals surface area contributed by atoms with E-state index in [0.29, 0.717) is 6.54 Å². The standard InChI is InChI=1S/C14H17F2N3O/c1-19-10(6-8-18-19)5-7-17-9-13(20)14-11(15)3-2-4-12(14)16/h2-4,6,8,13,17,20H,5,7,9H2,1H3. The normalized spacial score (nSPS) is 12.6. The van der Waals surface area contributed by atoms with Crippen molar-refractivity contribution in [3.63, 3.8) is 0 Å². The van der Waals surface area contributed by atoms with E-state index < -0.39 is 17.7 Å². The Hall–Kier alpha value is -1.79. The van der Waals surface area contributed by atoms with Crippen molar-refractivity contribution in [2.75, 3.05) is 13.1 Å². The summed E-state index contributed by atoms with van der Waals surface area (Å²) >= 11 is 0. The van der Waals surface area contributed by atoms with Crippen molar-refractivity contribution in [1.82, 2.24) is 15.1 Å². The van der Waals surface area contributed by atoms with Gasteiger partial charge in [-0.2, -0.15) is 5.10 Å². The van der Waals surface area contributed by atoms with Crippen molar-refractivity contribution in [2.24, 2.45) is 7.05 Å². The SMILES string of the molecule is Cn1nccc1CCNCC(O)c1c(F)cccc1F. The maximum Gasteiger partial charge on any atom is 0.131 e. The van der Waals surface area contributed by atoms with Gasteiger partial charge >= 0.3 is 0 Å². The summed E-state index contributed by atoms with van der Waals surface area (Å²) < 4.78 is 28.7. The van der Waals surface area contributed by atoms with Crippen LogP contribution in [-0.2, 0) is 13.5 Å². The van der Waals surface area contributed by atoms with Crippen LogP contribution in [0.15, 0.2) is 30.5 Å². The van der Waals surface area contributed by atoms with E-state index >= 15 is 0 Å². The van der Waals surface area contributed by atoms with Gasteiger partial charge in [0.1, 0.15) is 11.6 Å². The van der Waals surface area contributed by atoms with Crippen LogP contribution in [0.5, 0.6) is 0 Å². The second-order valence-electron chi connectivity index (χ2n) is 4.55. The van der Waals surface area contributed by atoms with Gasteiger partial charge in [0.15, 0.2) is 0 Å². The zero-order chi connectivity index (χ0) is 14.5. The van der Waals surface area contributed by atoms with Crippen LogP contribution < -0.4 is 5.32 Å². The molecule has 0 aliphatic heterocycles. The number of rotatable bonds is 6. The van der Waals surface area contributed by atoms with Gasteiger partial charge in [-0.25, -0.2) is 8.78 Å². The van der Waals surface area contributed by atoms with Gasteiger partial charge in [0.2, 0.25) is 0 Å². The summed E-state index contributed by atoms with van der Waals surface area (Å²) in [5.41, 5.74) is 0.754. The maximum atomic E-state index is 13.4. The number of aliphatic hydroxyl groups is 1. The van der Waals surface area contributed by atoms with Crippen molar-refractivity contribution >= 4 is 0 Å². The van der Waals surface area contributed by atoms with Crippen LogP contribution in [-0.4, -0.2) is 28.0 Å². The van der Waals surface area contributed by atoms with E-state index in [-0.39, 0.29) is 12.1 Å².